The first-order chi connectivity index (χ1) is 11.1. The van der Waals surface area contributed by atoms with Gasteiger partial charge in [-0.3, -0.25) is 4.79 Å². The monoisotopic (exact) mass is 372 g/mol. The van der Waals surface area contributed by atoms with Crippen LogP contribution in [0.4, 0.5) is 4.79 Å². The second kappa shape index (κ2) is 7.19. The van der Waals surface area contributed by atoms with Crippen LogP contribution < -0.4 is 0 Å². The SMILES string of the molecule is C[C@H]1CN(C(=O)c2ccc(Cl)c(Cl)c2)CCN1C(=O)OC(C)(C)C. The lowest BCUT2D eigenvalue weighted by molar-refractivity contribution is 0.00198. The van der Waals surface area contributed by atoms with Crippen LogP contribution in [0.15, 0.2) is 18.2 Å². The lowest BCUT2D eigenvalue weighted by Crippen LogP contribution is -2.56. The number of benzene rings is 1. The minimum atomic E-state index is -0.538. The molecular formula is C17H22Cl2N2O3. The number of carbonyl (C=O) groups is 2. The maximum atomic E-state index is 12.6. The first-order valence-electron chi connectivity index (χ1n) is 7.82. The summed E-state index contributed by atoms with van der Waals surface area (Å²) in [6.07, 6.45) is -0.350. The van der Waals surface area contributed by atoms with E-state index in [4.69, 9.17) is 27.9 Å². The van der Waals surface area contributed by atoms with Crippen molar-refractivity contribution in [2.45, 2.75) is 39.3 Å². The molecule has 0 bridgehead atoms. The van der Waals surface area contributed by atoms with Gasteiger partial charge in [0.05, 0.1) is 10.0 Å². The predicted molar refractivity (Wildman–Crippen MR) is 94.8 cm³/mol. The molecule has 1 fully saturated rings. The van der Waals surface area contributed by atoms with Gasteiger partial charge in [0.1, 0.15) is 5.60 Å². The van der Waals surface area contributed by atoms with E-state index < -0.39 is 5.60 Å². The highest BCUT2D eigenvalue weighted by Crippen LogP contribution is 2.24. The van der Waals surface area contributed by atoms with Crippen molar-refractivity contribution in [2.75, 3.05) is 19.6 Å². The molecule has 0 saturated carbocycles. The second-order valence-corrected chi connectivity index (χ2v) is 7.72. The molecule has 2 amide bonds. The summed E-state index contributed by atoms with van der Waals surface area (Å²) in [5.74, 6) is -0.121. The second-order valence-electron chi connectivity index (χ2n) is 6.90. The zero-order valence-corrected chi connectivity index (χ0v) is 15.8. The smallest absolute Gasteiger partial charge is 0.410 e. The number of hydrogen-bond acceptors (Lipinski definition) is 3. The van der Waals surface area contributed by atoms with Gasteiger partial charge >= 0.3 is 6.09 Å². The molecule has 1 aliphatic heterocycles. The van der Waals surface area contributed by atoms with Crippen molar-refractivity contribution >= 4 is 35.2 Å². The molecule has 2 rings (SSSR count). The summed E-state index contributed by atoms with van der Waals surface area (Å²) in [6, 6.07) is 4.70. The van der Waals surface area contributed by atoms with Crippen molar-refractivity contribution in [3.8, 4) is 0 Å². The number of amides is 2. The lowest BCUT2D eigenvalue weighted by atomic mass is 10.1. The normalized spacial score (nSPS) is 18.5. The van der Waals surface area contributed by atoms with Crippen LogP contribution in [0.5, 0.6) is 0 Å². The summed E-state index contributed by atoms with van der Waals surface area (Å²) in [4.78, 5) is 28.2. The summed E-state index contributed by atoms with van der Waals surface area (Å²) in [6.45, 7) is 8.72. The average Bonchev–Trinajstić information content (AvgIpc) is 2.47. The molecule has 5 nitrogen and oxygen atoms in total. The third-order valence-electron chi connectivity index (χ3n) is 3.71. The number of rotatable bonds is 1. The number of nitrogens with zero attached hydrogens (tertiary/aromatic N) is 2. The zero-order chi connectivity index (χ0) is 18.1. The highest BCUT2D eigenvalue weighted by molar-refractivity contribution is 6.42. The third kappa shape index (κ3) is 4.54. The highest BCUT2D eigenvalue weighted by atomic mass is 35.5. The fourth-order valence-electron chi connectivity index (χ4n) is 2.55. The summed E-state index contributed by atoms with van der Waals surface area (Å²) >= 11 is 11.9. The third-order valence-corrected chi connectivity index (χ3v) is 4.45. The van der Waals surface area contributed by atoms with Gasteiger partial charge in [0.25, 0.3) is 5.91 Å². The van der Waals surface area contributed by atoms with Crippen molar-refractivity contribution in [1.82, 2.24) is 9.80 Å². The molecule has 0 spiro atoms. The Morgan fingerprint density at radius 1 is 1.17 bits per heavy atom. The van der Waals surface area contributed by atoms with Crippen LogP contribution in [0.1, 0.15) is 38.1 Å². The Bertz CT molecular complexity index is 643. The van der Waals surface area contributed by atoms with E-state index in [2.05, 4.69) is 0 Å². The Kier molecular flexibility index (Phi) is 5.66. The summed E-state index contributed by atoms with van der Waals surface area (Å²) < 4.78 is 5.41. The van der Waals surface area contributed by atoms with Crippen molar-refractivity contribution in [3.63, 3.8) is 0 Å². The van der Waals surface area contributed by atoms with Gasteiger partial charge in [0, 0.05) is 31.2 Å². The van der Waals surface area contributed by atoms with E-state index in [1.165, 1.54) is 0 Å². The predicted octanol–water partition coefficient (Wildman–Crippen LogP) is 4.07. The quantitative estimate of drug-likeness (QED) is 0.746. The van der Waals surface area contributed by atoms with Crippen LogP contribution in [-0.2, 0) is 4.74 Å². The Labute approximate surface area is 152 Å². The van der Waals surface area contributed by atoms with E-state index in [0.29, 0.717) is 35.2 Å². The summed E-state index contributed by atoms with van der Waals surface area (Å²) in [7, 11) is 0. The molecule has 0 unspecified atom stereocenters. The minimum absolute atomic E-state index is 0.121. The molecule has 0 radical (unpaired) electrons. The Morgan fingerprint density at radius 3 is 2.38 bits per heavy atom. The topological polar surface area (TPSA) is 49.9 Å². The van der Waals surface area contributed by atoms with E-state index >= 15 is 0 Å². The molecule has 1 heterocycles. The molecule has 0 N–H and O–H groups in total. The van der Waals surface area contributed by atoms with Gasteiger partial charge in [0.2, 0.25) is 0 Å². The molecule has 132 valence electrons. The number of carbonyl (C=O) groups excluding carboxylic acids is 2. The number of hydrogen-bond donors (Lipinski definition) is 0. The van der Waals surface area contributed by atoms with E-state index in [1.807, 2.05) is 27.7 Å². The van der Waals surface area contributed by atoms with Crippen molar-refractivity contribution in [3.05, 3.63) is 33.8 Å². The van der Waals surface area contributed by atoms with E-state index in [0.717, 1.165) is 0 Å². The van der Waals surface area contributed by atoms with Crippen LogP contribution in [-0.4, -0.2) is 53.1 Å². The maximum absolute atomic E-state index is 12.6. The van der Waals surface area contributed by atoms with Gasteiger partial charge in [-0.1, -0.05) is 23.2 Å². The number of halogens is 2. The molecular weight excluding hydrogens is 351 g/mol. The molecule has 0 aliphatic carbocycles. The number of ether oxygens (including phenoxy) is 1. The van der Waals surface area contributed by atoms with Gasteiger partial charge in [-0.15, -0.1) is 0 Å². The van der Waals surface area contributed by atoms with Crippen LogP contribution >= 0.6 is 23.2 Å². The van der Waals surface area contributed by atoms with Gasteiger partial charge in [-0.25, -0.2) is 4.79 Å². The van der Waals surface area contributed by atoms with Gasteiger partial charge in [-0.2, -0.15) is 0 Å². The molecule has 1 atom stereocenters. The summed E-state index contributed by atoms with van der Waals surface area (Å²) in [5, 5.41) is 0.763. The van der Waals surface area contributed by atoms with Gasteiger partial charge in [0.15, 0.2) is 0 Å². The van der Waals surface area contributed by atoms with E-state index in [9.17, 15) is 9.59 Å². The van der Waals surface area contributed by atoms with E-state index in [1.54, 1.807) is 28.0 Å². The maximum Gasteiger partial charge on any atom is 0.410 e. The lowest BCUT2D eigenvalue weighted by Gasteiger charge is -2.40. The molecule has 1 aromatic carbocycles. The van der Waals surface area contributed by atoms with Gasteiger partial charge < -0.3 is 14.5 Å². The van der Waals surface area contributed by atoms with Gasteiger partial charge in [-0.05, 0) is 45.9 Å². The molecule has 24 heavy (non-hydrogen) atoms. The first-order valence-corrected chi connectivity index (χ1v) is 8.58. The fourth-order valence-corrected chi connectivity index (χ4v) is 2.84. The fraction of sp³-hybridized carbons (Fsp3) is 0.529. The summed E-state index contributed by atoms with van der Waals surface area (Å²) in [5.41, 5.74) is -0.0496. The zero-order valence-electron chi connectivity index (χ0n) is 14.3. The number of piperazine rings is 1. The highest BCUT2D eigenvalue weighted by Gasteiger charge is 2.32. The van der Waals surface area contributed by atoms with Crippen LogP contribution in [0.2, 0.25) is 10.0 Å². The molecule has 7 heteroatoms. The van der Waals surface area contributed by atoms with Crippen LogP contribution in [0.25, 0.3) is 0 Å². The first kappa shape index (κ1) is 18.9. The molecule has 1 aliphatic rings. The Morgan fingerprint density at radius 2 is 1.83 bits per heavy atom. The Hall–Kier alpha value is -1.46. The van der Waals surface area contributed by atoms with Crippen molar-refractivity contribution in [1.29, 1.82) is 0 Å². The van der Waals surface area contributed by atoms with E-state index in [-0.39, 0.29) is 18.0 Å². The molecule has 0 aromatic heterocycles. The van der Waals surface area contributed by atoms with Crippen LogP contribution in [0, 0.1) is 0 Å². The molecule has 1 saturated heterocycles. The van der Waals surface area contributed by atoms with Crippen LogP contribution in [0.3, 0.4) is 0 Å². The Balaban J connectivity index is 2.03. The standard InChI is InChI=1S/C17H22Cl2N2O3/c1-11-10-20(7-8-21(11)16(23)24-17(2,3)4)15(22)12-5-6-13(18)14(19)9-12/h5-6,9,11H,7-8,10H2,1-4H3/t11-/m0/s1. The van der Waals surface area contributed by atoms with Crippen molar-refractivity contribution < 1.29 is 14.3 Å². The van der Waals surface area contributed by atoms with Crippen molar-refractivity contribution in [2.24, 2.45) is 0 Å². The average molecular weight is 373 g/mol. The largest absolute Gasteiger partial charge is 0.444 e. The minimum Gasteiger partial charge on any atom is -0.444 e. The molecule has 1 aromatic rings.